The van der Waals surface area contributed by atoms with Gasteiger partial charge in [0.05, 0.1) is 18.1 Å². The number of methoxy groups -OCH3 is 1. The number of hydrogen-bond donors (Lipinski definition) is 0. The fourth-order valence-corrected chi connectivity index (χ4v) is 4.21. The lowest BCUT2D eigenvalue weighted by molar-refractivity contribution is 0.177. The van der Waals surface area contributed by atoms with Crippen molar-refractivity contribution in [2.75, 3.05) is 26.9 Å². The van der Waals surface area contributed by atoms with Gasteiger partial charge in [-0.05, 0) is 53.1 Å². The topological polar surface area (TPSA) is 55.8 Å². The number of sulfonamides is 1. The Balaban J connectivity index is 2.19. The van der Waals surface area contributed by atoms with Crippen molar-refractivity contribution in [2.45, 2.75) is 24.8 Å². The molecule has 1 heterocycles. The molecule has 0 radical (unpaired) electrons. The molecular formula is C17H23NO4S2. The van der Waals surface area contributed by atoms with Crippen molar-refractivity contribution in [1.82, 2.24) is 4.31 Å². The maximum absolute atomic E-state index is 12.9. The van der Waals surface area contributed by atoms with Crippen LogP contribution in [0, 0.1) is 0 Å². The summed E-state index contributed by atoms with van der Waals surface area (Å²) in [6, 6.07) is 8.51. The van der Waals surface area contributed by atoms with E-state index in [1.54, 1.807) is 42.7 Å². The molecule has 0 saturated heterocycles. The van der Waals surface area contributed by atoms with Gasteiger partial charge in [-0.1, -0.05) is 6.92 Å². The fraction of sp³-hybridized carbons (Fsp3) is 0.412. The molecule has 0 unspecified atom stereocenters. The molecule has 0 atom stereocenters. The third-order valence-corrected chi connectivity index (χ3v) is 6.01. The molecule has 7 heteroatoms. The van der Waals surface area contributed by atoms with Gasteiger partial charge >= 0.3 is 0 Å². The van der Waals surface area contributed by atoms with Crippen LogP contribution in [0.15, 0.2) is 46.0 Å². The highest BCUT2D eigenvalue weighted by molar-refractivity contribution is 7.89. The summed E-state index contributed by atoms with van der Waals surface area (Å²) in [5.41, 5.74) is 0.975. The predicted octanol–water partition coefficient (Wildman–Crippen LogP) is 3.37. The van der Waals surface area contributed by atoms with Crippen molar-refractivity contribution >= 4 is 21.4 Å². The molecule has 0 aliphatic carbocycles. The molecule has 0 aliphatic rings. The Kier molecular flexibility index (Phi) is 7.23. The standard InChI is InChI=1S/C17H23NO4S2/c1-3-10-22-16-4-6-17(7-5-16)24(19,20)18(9-11-21-2)13-15-8-12-23-14-15/h4-8,12,14H,3,9-11,13H2,1-2H3. The second kappa shape index (κ2) is 9.17. The Labute approximate surface area is 147 Å². The van der Waals surface area contributed by atoms with Crippen molar-refractivity contribution in [3.63, 3.8) is 0 Å². The van der Waals surface area contributed by atoms with Crippen LogP contribution in [-0.2, 0) is 21.3 Å². The average molecular weight is 370 g/mol. The summed E-state index contributed by atoms with van der Waals surface area (Å²) in [5.74, 6) is 0.678. The Morgan fingerprint density at radius 2 is 1.88 bits per heavy atom. The van der Waals surface area contributed by atoms with Gasteiger partial charge in [0.1, 0.15) is 5.75 Å². The van der Waals surface area contributed by atoms with E-state index in [4.69, 9.17) is 9.47 Å². The van der Waals surface area contributed by atoms with E-state index in [0.29, 0.717) is 32.1 Å². The predicted molar refractivity (Wildman–Crippen MR) is 96.0 cm³/mol. The van der Waals surface area contributed by atoms with Crippen molar-refractivity contribution in [2.24, 2.45) is 0 Å². The third kappa shape index (κ3) is 5.04. The monoisotopic (exact) mass is 369 g/mol. The SMILES string of the molecule is CCCOc1ccc(S(=O)(=O)N(CCOC)Cc2ccsc2)cc1. The zero-order valence-corrected chi connectivity index (χ0v) is 15.6. The van der Waals surface area contributed by atoms with Gasteiger partial charge in [-0.25, -0.2) is 8.42 Å². The van der Waals surface area contributed by atoms with Gasteiger partial charge in [0, 0.05) is 20.2 Å². The molecule has 2 rings (SSSR count). The average Bonchev–Trinajstić information content (AvgIpc) is 3.10. The second-order valence-corrected chi connectivity index (χ2v) is 8.00. The van der Waals surface area contributed by atoms with Crippen LogP contribution >= 0.6 is 11.3 Å². The summed E-state index contributed by atoms with van der Waals surface area (Å²) in [6.45, 7) is 3.63. The van der Waals surface area contributed by atoms with Gasteiger partial charge < -0.3 is 9.47 Å². The van der Waals surface area contributed by atoms with Crippen LogP contribution in [-0.4, -0.2) is 39.6 Å². The van der Waals surface area contributed by atoms with Crippen molar-refractivity contribution in [1.29, 1.82) is 0 Å². The van der Waals surface area contributed by atoms with Gasteiger partial charge in [-0.15, -0.1) is 0 Å². The molecule has 132 valence electrons. The summed E-state index contributed by atoms with van der Waals surface area (Å²) < 4.78 is 37.9. The highest BCUT2D eigenvalue weighted by atomic mass is 32.2. The molecule has 0 saturated carbocycles. The molecule has 2 aromatic rings. The summed E-state index contributed by atoms with van der Waals surface area (Å²) >= 11 is 1.55. The molecule has 24 heavy (non-hydrogen) atoms. The number of ether oxygens (including phenoxy) is 2. The highest BCUT2D eigenvalue weighted by Crippen LogP contribution is 2.22. The van der Waals surface area contributed by atoms with Gasteiger partial charge in [0.25, 0.3) is 0 Å². The molecule has 0 amide bonds. The maximum Gasteiger partial charge on any atom is 0.243 e. The first-order chi connectivity index (χ1) is 11.6. The normalized spacial score (nSPS) is 11.8. The smallest absolute Gasteiger partial charge is 0.243 e. The number of thiophene rings is 1. The van der Waals surface area contributed by atoms with Crippen LogP contribution in [0.5, 0.6) is 5.75 Å². The van der Waals surface area contributed by atoms with E-state index < -0.39 is 10.0 Å². The molecule has 1 aromatic carbocycles. The number of rotatable bonds is 10. The first-order valence-corrected chi connectivity index (χ1v) is 10.2. The van der Waals surface area contributed by atoms with Crippen molar-refractivity contribution in [3.8, 4) is 5.75 Å². The first-order valence-electron chi connectivity index (χ1n) is 7.81. The minimum absolute atomic E-state index is 0.262. The largest absolute Gasteiger partial charge is 0.494 e. The molecule has 0 aliphatic heterocycles. The minimum atomic E-state index is -3.58. The molecular weight excluding hydrogens is 346 g/mol. The third-order valence-electron chi connectivity index (χ3n) is 3.42. The van der Waals surface area contributed by atoms with E-state index in [1.807, 2.05) is 23.8 Å². The van der Waals surface area contributed by atoms with E-state index in [2.05, 4.69) is 0 Å². The van der Waals surface area contributed by atoms with Crippen LogP contribution < -0.4 is 4.74 Å². The van der Waals surface area contributed by atoms with Crippen LogP contribution in [0.4, 0.5) is 0 Å². The van der Waals surface area contributed by atoms with E-state index in [9.17, 15) is 8.42 Å². The van der Waals surface area contributed by atoms with Gasteiger partial charge in [-0.3, -0.25) is 0 Å². The lowest BCUT2D eigenvalue weighted by Gasteiger charge is -2.21. The summed E-state index contributed by atoms with van der Waals surface area (Å²) in [6.07, 6.45) is 0.908. The van der Waals surface area contributed by atoms with Crippen LogP contribution in [0.25, 0.3) is 0 Å². The summed E-state index contributed by atoms with van der Waals surface area (Å²) in [4.78, 5) is 0.262. The van der Waals surface area contributed by atoms with Gasteiger partial charge in [0.2, 0.25) is 10.0 Å². The molecule has 0 N–H and O–H groups in total. The first kappa shape index (κ1) is 18.9. The van der Waals surface area contributed by atoms with E-state index in [1.165, 1.54) is 4.31 Å². The number of benzene rings is 1. The molecule has 1 aromatic heterocycles. The highest BCUT2D eigenvalue weighted by Gasteiger charge is 2.24. The van der Waals surface area contributed by atoms with Crippen LogP contribution in [0.2, 0.25) is 0 Å². The summed E-state index contributed by atoms with van der Waals surface area (Å²) in [5, 5.41) is 3.90. The lowest BCUT2D eigenvalue weighted by atomic mass is 10.3. The maximum atomic E-state index is 12.9. The molecule has 0 bridgehead atoms. The molecule has 0 fully saturated rings. The number of nitrogens with zero attached hydrogens (tertiary/aromatic N) is 1. The van der Waals surface area contributed by atoms with Crippen molar-refractivity contribution < 1.29 is 17.9 Å². The zero-order chi connectivity index (χ0) is 17.4. The minimum Gasteiger partial charge on any atom is -0.494 e. The van der Waals surface area contributed by atoms with E-state index >= 15 is 0 Å². The van der Waals surface area contributed by atoms with Crippen LogP contribution in [0.1, 0.15) is 18.9 Å². The second-order valence-electron chi connectivity index (χ2n) is 5.28. The summed E-state index contributed by atoms with van der Waals surface area (Å²) in [7, 11) is -2.02. The molecule has 0 spiro atoms. The quantitative estimate of drug-likeness (QED) is 0.644. The Morgan fingerprint density at radius 1 is 1.12 bits per heavy atom. The van der Waals surface area contributed by atoms with Gasteiger partial charge in [0.15, 0.2) is 0 Å². The Bertz CT molecular complexity index is 697. The zero-order valence-electron chi connectivity index (χ0n) is 14.0. The van der Waals surface area contributed by atoms with E-state index in [0.717, 1.165) is 12.0 Å². The Morgan fingerprint density at radius 3 is 2.46 bits per heavy atom. The van der Waals surface area contributed by atoms with Crippen molar-refractivity contribution in [3.05, 3.63) is 46.7 Å². The number of hydrogen-bond acceptors (Lipinski definition) is 5. The fourth-order valence-electron chi connectivity index (χ4n) is 2.14. The Hall–Kier alpha value is -1.41. The van der Waals surface area contributed by atoms with Crippen LogP contribution in [0.3, 0.4) is 0 Å². The van der Waals surface area contributed by atoms with E-state index in [-0.39, 0.29) is 4.90 Å². The lowest BCUT2D eigenvalue weighted by Crippen LogP contribution is -2.33. The van der Waals surface area contributed by atoms with Gasteiger partial charge in [-0.2, -0.15) is 15.6 Å². The molecule has 5 nitrogen and oxygen atoms in total.